The molecule has 0 aliphatic heterocycles. The van der Waals surface area contributed by atoms with Crippen molar-refractivity contribution in [2.24, 2.45) is 0 Å². The second-order valence-corrected chi connectivity index (χ2v) is 8.07. The molecular formula is C30H21NO2. The summed E-state index contributed by atoms with van der Waals surface area (Å²) >= 11 is 0. The molecular weight excluding hydrogens is 406 g/mol. The molecule has 6 aromatic rings. The third kappa shape index (κ3) is 3.97. The van der Waals surface area contributed by atoms with Crippen molar-refractivity contribution in [2.45, 2.75) is 6.61 Å². The van der Waals surface area contributed by atoms with E-state index in [0.717, 1.165) is 44.3 Å². The normalized spacial score (nSPS) is 11.2. The lowest BCUT2D eigenvalue weighted by atomic mass is 10.1. The Hall–Kier alpha value is -4.37. The van der Waals surface area contributed by atoms with Gasteiger partial charge >= 0.3 is 0 Å². The summed E-state index contributed by atoms with van der Waals surface area (Å²) in [5.74, 6) is 1.48. The Bertz CT molecular complexity index is 1550. The van der Waals surface area contributed by atoms with Crippen molar-refractivity contribution in [3.8, 4) is 28.3 Å². The molecule has 3 nitrogen and oxygen atoms in total. The molecule has 0 bridgehead atoms. The quantitative estimate of drug-likeness (QED) is 0.280. The van der Waals surface area contributed by atoms with Crippen LogP contribution in [0.15, 0.2) is 120 Å². The summed E-state index contributed by atoms with van der Waals surface area (Å²) in [6.07, 6.45) is 0. The van der Waals surface area contributed by atoms with E-state index in [9.17, 15) is 0 Å². The summed E-state index contributed by atoms with van der Waals surface area (Å²) in [7, 11) is 0. The second-order valence-electron chi connectivity index (χ2n) is 8.07. The van der Waals surface area contributed by atoms with Gasteiger partial charge in [0, 0.05) is 5.56 Å². The van der Waals surface area contributed by atoms with Crippen LogP contribution >= 0.6 is 0 Å². The Balaban J connectivity index is 1.27. The van der Waals surface area contributed by atoms with Crippen molar-refractivity contribution in [1.82, 2.24) is 4.98 Å². The number of oxazole rings is 1. The number of fused-ring (bicyclic) bond motifs is 2. The monoisotopic (exact) mass is 427 g/mol. The number of hydrogen-bond donors (Lipinski definition) is 0. The highest BCUT2D eigenvalue weighted by Crippen LogP contribution is 2.31. The van der Waals surface area contributed by atoms with Crippen LogP contribution in [0.5, 0.6) is 5.75 Å². The molecule has 1 aromatic heterocycles. The van der Waals surface area contributed by atoms with Crippen molar-refractivity contribution in [3.05, 3.63) is 121 Å². The molecule has 1 heterocycles. The number of rotatable bonds is 5. The van der Waals surface area contributed by atoms with Crippen LogP contribution in [0.2, 0.25) is 0 Å². The van der Waals surface area contributed by atoms with E-state index in [0.29, 0.717) is 12.5 Å². The van der Waals surface area contributed by atoms with E-state index in [4.69, 9.17) is 14.1 Å². The largest absolute Gasteiger partial charge is 0.489 e. The van der Waals surface area contributed by atoms with E-state index in [1.807, 2.05) is 54.6 Å². The minimum atomic E-state index is 0.554. The Labute approximate surface area is 191 Å². The smallest absolute Gasteiger partial charge is 0.227 e. The van der Waals surface area contributed by atoms with Gasteiger partial charge < -0.3 is 9.15 Å². The lowest BCUT2D eigenvalue weighted by Crippen LogP contribution is -1.94. The molecule has 0 unspecified atom stereocenters. The van der Waals surface area contributed by atoms with Crippen LogP contribution in [0.25, 0.3) is 44.5 Å². The molecule has 0 aliphatic carbocycles. The summed E-state index contributed by atoms with van der Waals surface area (Å²) in [6.45, 7) is 0.554. The Morgan fingerprint density at radius 3 is 2.18 bits per heavy atom. The third-order valence-corrected chi connectivity index (χ3v) is 5.80. The number of benzene rings is 5. The van der Waals surface area contributed by atoms with Crippen LogP contribution in [-0.4, -0.2) is 4.98 Å². The molecule has 0 saturated heterocycles. The zero-order valence-electron chi connectivity index (χ0n) is 17.9. The summed E-state index contributed by atoms with van der Waals surface area (Å²) in [4.78, 5) is 4.77. The first kappa shape index (κ1) is 19.3. The van der Waals surface area contributed by atoms with Crippen molar-refractivity contribution in [3.63, 3.8) is 0 Å². The summed E-state index contributed by atoms with van der Waals surface area (Å²) in [6, 6.07) is 39.0. The van der Waals surface area contributed by atoms with Crippen LogP contribution in [0.4, 0.5) is 0 Å². The van der Waals surface area contributed by atoms with E-state index >= 15 is 0 Å². The molecule has 33 heavy (non-hydrogen) atoms. The van der Waals surface area contributed by atoms with Crippen LogP contribution in [-0.2, 0) is 6.61 Å². The van der Waals surface area contributed by atoms with Gasteiger partial charge in [0.25, 0.3) is 0 Å². The third-order valence-electron chi connectivity index (χ3n) is 5.80. The molecule has 0 atom stereocenters. The predicted molar refractivity (Wildman–Crippen MR) is 133 cm³/mol. The zero-order chi connectivity index (χ0) is 22.0. The lowest BCUT2D eigenvalue weighted by molar-refractivity contribution is 0.306. The Kier molecular flexibility index (Phi) is 4.85. The summed E-state index contributed by atoms with van der Waals surface area (Å²) in [5.41, 5.74) is 6.05. The molecule has 3 heteroatoms. The van der Waals surface area contributed by atoms with Crippen molar-refractivity contribution in [1.29, 1.82) is 0 Å². The van der Waals surface area contributed by atoms with Gasteiger partial charge in [0.2, 0.25) is 5.89 Å². The predicted octanol–water partition coefficient (Wildman–Crippen LogP) is 7.89. The van der Waals surface area contributed by atoms with Gasteiger partial charge in [0.1, 0.15) is 17.9 Å². The van der Waals surface area contributed by atoms with Gasteiger partial charge in [-0.3, -0.25) is 0 Å². The SMILES string of the molecule is c1ccc(COc2ccc3cc(-c4nc5cc(-c6ccccc6)ccc5o4)ccc3c2)cc1. The average Bonchev–Trinajstić information content (AvgIpc) is 3.32. The minimum absolute atomic E-state index is 0.554. The molecule has 0 spiro atoms. The van der Waals surface area contributed by atoms with Gasteiger partial charge in [0.15, 0.2) is 5.58 Å². The maximum atomic E-state index is 6.07. The Morgan fingerprint density at radius 2 is 1.33 bits per heavy atom. The number of aromatic nitrogens is 1. The van der Waals surface area contributed by atoms with E-state index in [-0.39, 0.29) is 0 Å². The standard InChI is InChI=1S/C30H21NO2/c1-3-7-21(8-4-1)20-32-27-15-13-23-17-26(12-11-24(23)18-27)30-31-28-19-25(14-16-29(28)33-30)22-9-5-2-6-10-22/h1-19H,20H2. The van der Waals surface area contributed by atoms with Crippen molar-refractivity contribution < 1.29 is 9.15 Å². The fraction of sp³-hybridized carbons (Fsp3) is 0.0333. The van der Waals surface area contributed by atoms with Gasteiger partial charge in [-0.1, -0.05) is 78.9 Å². The van der Waals surface area contributed by atoms with Gasteiger partial charge in [-0.25, -0.2) is 4.98 Å². The Morgan fingerprint density at radius 1 is 0.606 bits per heavy atom. The topological polar surface area (TPSA) is 35.3 Å². The minimum Gasteiger partial charge on any atom is -0.489 e. The van der Waals surface area contributed by atoms with Crippen LogP contribution in [0.1, 0.15) is 5.56 Å². The first-order valence-corrected chi connectivity index (χ1v) is 11.0. The van der Waals surface area contributed by atoms with Gasteiger partial charge in [-0.2, -0.15) is 0 Å². The van der Waals surface area contributed by atoms with Gasteiger partial charge in [0.05, 0.1) is 0 Å². The lowest BCUT2D eigenvalue weighted by Gasteiger charge is -2.08. The fourth-order valence-electron chi connectivity index (χ4n) is 4.05. The van der Waals surface area contributed by atoms with E-state index < -0.39 is 0 Å². The van der Waals surface area contributed by atoms with E-state index in [1.165, 1.54) is 5.56 Å². The van der Waals surface area contributed by atoms with Crippen LogP contribution in [0.3, 0.4) is 0 Å². The van der Waals surface area contributed by atoms with Gasteiger partial charge in [-0.05, 0) is 63.9 Å². The van der Waals surface area contributed by atoms with E-state index in [2.05, 4.69) is 60.7 Å². The van der Waals surface area contributed by atoms with Gasteiger partial charge in [-0.15, -0.1) is 0 Å². The molecule has 0 fully saturated rings. The zero-order valence-corrected chi connectivity index (χ0v) is 17.9. The molecule has 0 N–H and O–H groups in total. The fourth-order valence-corrected chi connectivity index (χ4v) is 4.05. The molecule has 0 radical (unpaired) electrons. The molecule has 0 amide bonds. The highest BCUT2D eigenvalue weighted by Gasteiger charge is 2.11. The highest BCUT2D eigenvalue weighted by atomic mass is 16.5. The average molecular weight is 428 g/mol. The first-order valence-electron chi connectivity index (χ1n) is 11.0. The van der Waals surface area contributed by atoms with Crippen molar-refractivity contribution >= 4 is 21.9 Å². The van der Waals surface area contributed by atoms with Crippen molar-refractivity contribution in [2.75, 3.05) is 0 Å². The molecule has 0 aliphatic rings. The molecule has 5 aromatic carbocycles. The number of ether oxygens (including phenoxy) is 1. The molecule has 6 rings (SSSR count). The molecule has 0 saturated carbocycles. The first-order chi connectivity index (χ1) is 16.3. The maximum Gasteiger partial charge on any atom is 0.227 e. The maximum absolute atomic E-state index is 6.07. The highest BCUT2D eigenvalue weighted by molar-refractivity contribution is 5.88. The second kappa shape index (κ2) is 8.29. The molecule has 158 valence electrons. The van der Waals surface area contributed by atoms with E-state index in [1.54, 1.807) is 0 Å². The summed E-state index contributed by atoms with van der Waals surface area (Å²) in [5, 5.41) is 2.23. The number of nitrogens with zero attached hydrogens (tertiary/aromatic N) is 1. The van der Waals surface area contributed by atoms with Crippen LogP contribution in [0, 0.1) is 0 Å². The summed E-state index contributed by atoms with van der Waals surface area (Å²) < 4.78 is 12.0. The van der Waals surface area contributed by atoms with Crippen LogP contribution < -0.4 is 4.74 Å². The number of hydrogen-bond acceptors (Lipinski definition) is 3.